The van der Waals surface area contributed by atoms with E-state index in [1.807, 2.05) is 48.5 Å². The maximum Gasteiger partial charge on any atom is 0.306 e. The lowest BCUT2D eigenvalue weighted by Gasteiger charge is -2.34. The minimum atomic E-state index is -0.463. The molecule has 0 unspecified atom stereocenters. The van der Waals surface area contributed by atoms with Crippen molar-refractivity contribution in [3.8, 4) is 0 Å². The third kappa shape index (κ3) is 5.94. The zero-order valence-corrected chi connectivity index (χ0v) is 16.8. The number of amides is 1. The van der Waals surface area contributed by atoms with Crippen LogP contribution < -0.4 is 5.32 Å². The summed E-state index contributed by atoms with van der Waals surface area (Å²) in [5, 5.41) is 7.28. The van der Waals surface area contributed by atoms with Gasteiger partial charge < -0.3 is 14.6 Å². The fourth-order valence-electron chi connectivity index (χ4n) is 3.35. The number of hydrogen-bond donors (Lipinski definition) is 1. The van der Waals surface area contributed by atoms with Crippen LogP contribution in [0.2, 0.25) is 0 Å². The Kier molecular flexibility index (Phi) is 6.16. The number of carbonyl (C=O) groups excluding carboxylic acids is 2. The van der Waals surface area contributed by atoms with E-state index < -0.39 is 5.60 Å². The molecule has 1 saturated carbocycles. The molecule has 0 saturated heterocycles. The SMILES string of the molecule is CC(C)(C)OC(=O)CC1CC(C(=O)Nc2ccn(CCCn3ccnc3)n2)C1. The van der Waals surface area contributed by atoms with Crippen molar-refractivity contribution in [2.75, 3.05) is 5.32 Å². The Labute approximate surface area is 165 Å². The van der Waals surface area contributed by atoms with Crippen molar-refractivity contribution in [1.82, 2.24) is 19.3 Å². The molecular formula is C20H29N5O3. The average Bonchev–Trinajstić information content (AvgIpc) is 3.21. The van der Waals surface area contributed by atoms with Crippen LogP contribution in [-0.2, 0) is 27.4 Å². The van der Waals surface area contributed by atoms with Crippen LogP contribution in [0, 0.1) is 11.8 Å². The van der Waals surface area contributed by atoms with Crippen molar-refractivity contribution in [2.24, 2.45) is 11.8 Å². The number of anilines is 1. The fourth-order valence-corrected chi connectivity index (χ4v) is 3.35. The van der Waals surface area contributed by atoms with Crippen LogP contribution in [0.15, 0.2) is 31.0 Å². The Morgan fingerprint density at radius 2 is 2.04 bits per heavy atom. The van der Waals surface area contributed by atoms with Crippen molar-refractivity contribution < 1.29 is 14.3 Å². The van der Waals surface area contributed by atoms with Gasteiger partial charge in [0.05, 0.1) is 6.33 Å². The number of nitrogens with one attached hydrogen (secondary N) is 1. The van der Waals surface area contributed by atoms with Crippen LogP contribution >= 0.6 is 0 Å². The second-order valence-electron chi connectivity index (χ2n) is 8.43. The predicted octanol–water partition coefficient (Wildman–Crippen LogP) is 2.87. The summed E-state index contributed by atoms with van der Waals surface area (Å²) < 4.78 is 9.19. The number of carbonyl (C=O) groups is 2. The van der Waals surface area contributed by atoms with Gasteiger partial charge in [0.15, 0.2) is 5.82 Å². The highest BCUT2D eigenvalue weighted by Gasteiger charge is 2.36. The second-order valence-corrected chi connectivity index (χ2v) is 8.43. The van der Waals surface area contributed by atoms with Crippen molar-refractivity contribution in [3.05, 3.63) is 31.0 Å². The average molecular weight is 387 g/mol. The minimum Gasteiger partial charge on any atom is -0.460 e. The summed E-state index contributed by atoms with van der Waals surface area (Å²) in [5.74, 6) is 0.531. The zero-order valence-electron chi connectivity index (χ0n) is 16.8. The van der Waals surface area contributed by atoms with Gasteiger partial charge in [0, 0.05) is 50.1 Å². The number of imidazole rings is 1. The molecule has 8 heteroatoms. The van der Waals surface area contributed by atoms with Crippen LogP contribution in [0.25, 0.3) is 0 Å². The zero-order chi connectivity index (χ0) is 20.1. The van der Waals surface area contributed by atoms with Crippen molar-refractivity contribution >= 4 is 17.7 Å². The molecule has 2 aromatic rings. The highest BCUT2D eigenvalue weighted by Crippen LogP contribution is 2.37. The van der Waals surface area contributed by atoms with Crippen LogP contribution in [-0.4, -0.2) is 36.8 Å². The smallest absolute Gasteiger partial charge is 0.306 e. The van der Waals surface area contributed by atoms with Gasteiger partial charge in [-0.05, 0) is 46.0 Å². The lowest BCUT2D eigenvalue weighted by molar-refractivity contribution is -0.157. The van der Waals surface area contributed by atoms with E-state index in [2.05, 4.69) is 15.4 Å². The molecule has 2 aromatic heterocycles. The number of rotatable bonds is 8. The van der Waals surface area contributed by atoms with Crippen molar-refractivity contribution in [1.29, 1.82) is 0 Å². The number of hydrogen-bond acceptors (Lipinski definition) is 5. The molecule has 0 bridgehead atoms. The van der Waals surface area contributed by atoms with Gasteiger partial charge in [-0.3, -0.25) is 14.3 Å². The van der Waals surface area contributed by atoms with Crippen molar-refractivity contribution in [3.63, 3.8) is 0 Å². The summed E-state index contributed by atoms with van der Waals surface area (Å²) >= 11 is 0. The Hall–Kier alpha value is -2.64. The van der Waals surface area contributed by atoms with E-state index in [-0.39, 0.29) is 23.7 Å². The third-order valence-corrected chi connectivity index (χ3v) is 4.74. The molecule has 0 atom stereocenters. The summed E-state index contributed by atoms with van der Waals surface area (Å²) in [5.41, 5.74) is -0.463. The molecule has 2 heterocycles. The van der Waals surface area contributed by atoms with Gasteiger partial charge in [-0.1, -0.05) is 0 Å². The molecular weight excluding hydrogens is 358 g/mol. The highest BCUT2D eigenvalue weighted by molar-refractivity contribution is 5.92. The number of nitrogens with zero attached hydrogens (tertiary/aromatic N) is 4. The van der Waals surface area contributed by atoms with E-state index >= 15 is 0 Å². The Balaban J connectivity index is 1.35. The molecule has 28 heavy (non-hydrogen) atoms. The molecule has 0 aliphatic heterocycles. The lowest BCUT2D eigenvalue weighted by Crippen LogP contribution is -2.36. The molecule has 1 aliphatic rings. The van der Waals surface area contributed by atoms with Crippen LogP contribution in [0.3, 0.4) is 0 Å². The van der Waals surface area contributed by atoms with E-state index in [0.717, 1.165) is 32.4 Å². The maximum atomic E-state index is 12.3. The van der Waals surface area contributed by atoms with Crippen LogP contribution in [0.1, 0.15) is 46.5 Å². The monoisotopic (exact) mass is 387 g/mol. The van der Waals surface area contributed by atoms with E-state index in [4.69, 9.17) is 4.74 Å². The number of esters is 1. The van der Waals surface area contributed by atoms with Gasteiger partial charge in [0.2, 0.25) is 5.91 Å². The van der Waals surface area contributed by atoms with Crippen LogP contribution in [0.4, 0.5) is 5.82 Å². The quantitative estimate of drug-likeness (QED) is 0.703. The molecule has 1 N–H and O–H groups in total. The van der Waals surface area contributed by atoms with E-state index in [0.29, 0.717) is 12.2 Å². The van der Waals surface area contributed by atoms with Gasteiger partial charge in [-0.25, -0.2) is 4.98 Å². The Morgan fingerprint density at radius 1 is 1.25 bits per heavy atom. The largest absolute Gasteiger partial charge is 0.460 e. The van der Waals surface area contributed by atoms with Crippen molar-refractivity contribution in [2.45, 2.75) is 65.1 Å². The van der Waals surface area contributed by atoms with Gasteiger partial charge >= 0.3 is 5.97 Å². The summed E-state index contributed by atoms with van der Waals surface area (Å²) in [4.78, 5) is 28.2. The molecule has 1 amide bonds. The standard InChI is InChI=1S/C20H29N5O3/c1-20(2,3)28-18(26)13-15-11-16(12-15)19(27)22-17-5-9-25(23-17)8-4-7-24-10-6-21-14-24/h5-6,9-10,14-16H,4,7-8,11-13H2,1-3H3,(H,22,23,27). The first-order valence-corrected chi connectivity index (χ1v) is 9.80. The molecule has 0 radical (unpaired) electrons. The van der Waals surface area contributed by atoms with Gasteiger partial charge in [-0.2, -0.15) is 5.10 Å². The van der Waals surface area contributed by atoms with E-state index in [1.165, 1.54) is 0 Å². The molecule has 8 nitrogen and oxygen atoms in total. The summed E-state index contributed by atoms with van der Waals surface area (Å²) in [6.07, 6.45) is 10.1. The Morgan fingerprint density at radius 3 is 2.71 bits per heavy atom. The molecule has 1 fully saturated rings. The number of aryl methyl sites for hydroxylation is 2. The predicted molar refractivity (Wildman–Crippen MR) is 104 cm³/mol. The minimum absolute atomic E-state index is 0.0240. The normalized spacial score (nSPS) is 19.1. The first-order chi connectivity index (χ1) is 13.3. The summed E-state index contributed by atoms with van der Waals surface area (Å²) in [6, 6.07) is 1.81. The van der Waals surface area contributed by atoms with Crippen LogP contribution in [0.5, 0.6) is 0 Å². The van der Waals surface area contributed by atoms with Gasteiger partial charge in [-0.15, -0.1) is 0 Å². The lowest BCUT2D eigenvalue weighted by atomic mass is 9.73. The molecule has 0 aromatic carbocycles. The number of aromatic nitrogens is 4. The van der Waals surface area contributed by atoms with Gasteiger partial charge in [0.1, 0.15) is 5.60 Å². The molecule has 0 spiro atoms. The summed E-state index contributed by atoms with van der Waals surface area (Å²) in [6.45, 7) is 7.23. The van der Waals surface area contributed by atoms with E-state index in [9.17, 15) is 9.59 Å². The Bertz CT molecular complexity index is 785. The maximum absolute atomic E-state index is 12.3. The molecule has 1 aliphatic carbocycles. The third-order valence-electron chi connectivity index (χ3n) is 4.74. The van der Waals surface area contributed by atoms with Gasteiger partial charge in [0.25, 0.3) is 0 Å². The summed E-state index contributed by atoms with van der Waals surface area (Å²) in [7, 11) is 0. The fraction of sp³-hybridized carbons (Fsp3) is 0.600. The molecule has 3 rings (SSSR count). The molecule has 152 valence electrons. The topological polar surface area (TPSA) is 91.0 Å². The first kappa shape index (κ1) is 20.1. The first-order valence-electron chi connectivity index (χ1n) is 9.80. The van der Waals surface area contributed by atoms with E-state index in [1.54, 1.807) is 12.5 Å². The second kappa shape index (κ2) is 8.58. The number of ether oxygens (including phenoxy) is 1. The highest BCUT2D eigenvalue weighted by atomic mass is 16.6.